The van der Waals surface area contributed by atoms with Crippen LogP contribution in [0, 0.1) is 6.92 Å². The zero-order valence-electron chi connectivity index (χ0n) is 11.9. The van der Waals surface area contributed by atoms with Crippen molar-refractivity contribution in [3.05, 3.63) is 41.1 Å². The Morgan fingerprint density at radius 1 is 1.35 bits per heavy atom. The van der Waals surface area contributed by atoms with Crippen LogP contribution in [0.15, 0.2) is 24.3 Å². The fourth-order valence-electron chi connectivity index (χ4n) is 1.97. The van der Waals surface area contributed by atoms with Crippen LogP contribution in [-0.4, -0.2) is 16.9 Å². The van der Waals surface area contributed by atoms with Crippen molar-refractivity contribution in [2.24, 2.45) is 0 Å². The Kier molecular flexibility index (Phi) is 4.74. The number of aryl methyl sites for hydroxylation is 2. The van der Waals surface area contributed by atoms with Gasteiger partial charge in [-0.2, -0.15) is 4.37 Å². The van der Waals surface area contributed by atoms with Crippen LogP contribution in [0.1, 0.15) is 35.5 Å². The van der Waals surface area contributed by atoms with Gasteiger partial charge in [0.2, 0.25) is 0 Å². The molecule has 1 N–H and O–H groups in total. The molecule has 0 bridgehead atoms. The second-order valence-corrected chi connectivity index (χ2v) is 5.10. The van der Waals surface area contributed by atoms with E-state index in [0.717, 1.165) is 17.1 Å². The van der Waals surface area contributed by atoms with Gasteiger partial charge in [-0.1, -0.05) is 25.1 Å². The fraction of sp³-hybridized carbons (Fsp3) is 0.333. The van der Waals surface area contributed by atoms with Crippen LogP contribution in [0.2, 0.25) is 0 Å². The molecule has 0 amide bonds. The number of carbonyl (C=O) groups excluding carboxylic acids is 1. The number of aromatic nitrogens is 1. The number of para-hydroxylation sites is 1. The first-order chi connectivity index (χ1) is 9.67. The Bertz CT molecular complexity index is 608. The second kappa shape index (κ2) is 6.52. The number of esters is 1. The number of ether oxygens (including phenoxy) is 1. The highest BCUT2D eigenvalue weighted by Crippen LogP contribution is 2.30. The Hall–Kier alpha value is -1.88. The lowest BCUT2D eigenvalue weighted by molar-refractivity contribution is 0.0527. The first kappa shape index (κ1) is 14.5. The topological polar surface area (TPSA) is 51.2 Å². The van der Waals surface area contributed by atoms with Crippen LogP contribution in [0.25, 0.3) is 0 Å². The Labute approximate surface area is 123 Å². The molecule has 1 aromatic heterocycles. The second-order valence-electron chi connectivity index (χ2n) is 4.33. The number of anilines is 2. The normalized spacial score (nSPS) is 10.3. The molecule has 0 fully saturated rings. The van der Waals surface area contributed by atoms with E-state index < -0.39 is 0 Å². The average molecular weight is 290 g/mol. The summed E-state index contributed by atoms with van der Waals surface area (Å²) in [5.74, 6) is -0.324. The number of benzene rings is 1. The molecule has 0 radical (unpaired) electrons. The number of nitrogens with zero attached hydrogens (tertiary/aromatic N) is 1. The summed E-state index contributed by atoms with van der Waals surface area (Å²) < 4.78 is 9.34. The molecule has 20 heavy (non-hydrogen) atoms. The van der Waals surface area contributed by atoms with Gasteiger partial charge in [0.1, 0.15) is 10.6 Å². The molecule has 106 valence electrons. The Balaban J connectivity index is 2.32. The van der Waals surface area contributed by atoms with E-state index in [1.165, 1.54) is 17.1 Å². The molecule has 0 aliphatic carbocycles. The molecule has 0 aliphatic rings. The third-order valence-electron chi connectivity index (χ3n) is 2.99. The van der Waals surface area contributed by atoms with E-state index in [1.807, 2.05) is 25.1 Å². The molecule has 5 heteroatoms. The fourth-order valence-corrected chi connectivity index (χ4v) is 2.77. The molecule has 0 saturated heterocycles. The first-order valence-corrected chi connectivity index (χ1v) is 7.43. The lowest BCUT2D eigenvalue weighted by Crippen LogP contribution is -2.08. The van der Waals surface area contributed by atoms with Crippen LogP contribution >= 0.6 is 11.5 Å². The van der Waals surface area contributed by atoms with E-state index in [0.29, 0.717) is 17.9 Å². The van der Waals surface area contributed by atoms with E-state index in [-0.39, 0.29) is 5.97 Å². The van der Waals surface area contributed by atoms with Gasteiger partial charge < -0.3 is 10.1 Å². The summed E-state index contributed by atoms with van der Waals surface area (Å²) in [5, 5.41) is 4.05. The molecule has 1 aromatic carbocycles. The van der Waals surface area contributed by atoms with Gasteiger partial charge >= 0.3 is 5.97 Å². The minimum absolute atomic E-state index is 0.324. The van der Waals surface area contributed by atoms with E-state index in [9.17, 15) is 4.79 Å². The molecule has 4 nitrogen and oxygen atoms in total. The molecule has 2 aromatic rings. The predicted octanol–water partition coefficient (Wildman–Crippen LogP) is 3.93. The quantitative estimate of drug-likeness (QED) is 0.848. The Morgan fingerprint density at radius 3 is 2.80 bits per heavy atom. The van der Waals surface area contributed by atoms with Crippen molar-refractivity contribution in [2.45, 2.75) is 27.2 Å². The monoisotopic (exact) mass is 290 g/mol. The third kappa shape index (κ3) is 2.99. The molecule has 2 rings (SSSR count). The molecule has 0 atom stereocenters. The molecule has 1 heterocycles. The third-order valence-corrected chi connectivity index (χ3v) is 3.84. The van der Waals surface area contributed by atoms with E-state index in [1.54, 1.807) is 6.92 Å². The number of rotatable bonds is 5. The molecular weight excluding hydrogens is 272 g/mol. The largest absolute Gasteiger partial charge is 0.462 e. The number of hydrogen-bond donors (Lipinski definition) is 1. The van der Waals surface area contributed by atoms with Crippen molar-refractivity contribution in [2.75, 3.05) is 11.9 Å². The zero-order valence-corrected chi connectivity index (χ0v) is 12.7. The summed E-state index contributed by atoms with van der Waals surface area (Å²) in [6.07, 6.45) is 0.926. The highest BCUT2D eigenvalue weighted by molar-refractivity contribution is 7.10. The smallest absolute Gasteiger partial charge is 0.343 e. The molecular formula is C15H18N2O2S. The lowest BCUT2D eigenvalue weighted by atomic mass is 10.1. The van der Waals surface area contributed by atoms with Crippen LogP contribution in [0.4, 0.5) is 10.7 Å². The summed E-state index contributed by atoms with van der Waals surface area (Å²) in [5.41, 5.74) is 3.44. The van der Waals surface area contributed by atoms with Gasteiger partial charge in [-0.05, 0) is 43.4 Å². The summed E-state index contributed by atoms with van der Waals surface area (Å²) in [6.45, 7) is 6.08. The maximum atomic E-state index is 12.0. The maximum Gasteiger partial charge on any atom is 0.343 e. The van der Waals surface area contributed by atoms with Crippen LogP contribution < -0.4 is 5.32 Å². The average Bonchev–Trinajstić information content (AvgIpc) is 2.80. The summed E-state index contributed by atoms with van der Waals surface area (Å²) >= 11 is 1.28. The van der Waals surface area contributed by atoms with E-state index in [2.05, 4.69) is 22.7 Å². The highest BCUT2D eigenvalue weighted by Gasteiger charge is 2.20. The molecule has 0 unspecified atom stereocenters. The number of carbonyl (C=O) groups is 1. The van der Waals surface area contributed by atoms with Crippen LogP contribution in [-0.2, 0) is 11.2 Å². The molecule has 0 saturated carbocycles. The van der Waals surface area contributed by atoms with Crippen LogP contribution in [0.3, 0.4) is 0 Å². The van der Waals surface area contributed by atoms with Gasteiger partial charge in [-0.25, -0.2) is 4.79 Å². The lowest BCUT2D eigenvalue weighted by Gasteiger charge is -2.10. The molecule has 0 spiro atoms. The highest BCUT2D eigenvalue weighted by atomic mass is 32.1. The van der Waals surface area contributed by atoms with Crippen LogP contribution in [0.5, 0.6) is 0 Å². The van der Waals surface area contributed by atoms with E-state index in [4.69, 9.17) is 4.74 Å². The summed E-state index contributed by atoms with van der Waals surface area (Å²) in [6, 6.07) is 8.05. The predicted molar refractivity (Wildman–Crippen MR) is 81.9 cm³/mol. The van der Waals surface area contributed by atoms with Gasteiger partial charge in [0.15, 0.2) is 0 Å². The van der Waals surface area contributed by atoms with Gasteiger partial charge in [-0.3, -0.25) is 0 Å². The number of hydrogen-bond acceptors (Lipinski definition) is 5. The molecule has 0 aliphatic heterocycles. The summed E-state index contributed by atoms with van der Waals surface area (Å²) in [4.78, 5) is 12.0. The van der Waals surface area contributed by atoms with Crippen molar-refractivity contribution < 1.29 is 9.53 Å². The van der Waals surface area contributed by atoms with Crippen molar-refractivity contribution in [1.82, 2.24) is 4.37 Å². The minimum atomic E-state index is -0.324. The van der Waals surface area contributed by atoms with E-state index >= 15 is 0 Å². The minimum Gasteiger partial charge on any atom is -0.462 e. The SMILES string of the molecule is CCOC(=O)c1c(C)nsc1Nc1ccccc1CC. The standard InChI is InChI=1S/C15H18N2O2S/c1-4-11-8-6-7-9-12(11)16-14-13(10(3)17-20-14)15(18)19-5-2/h6-9,16H,4-5H2,1-3H3. The van der Waals surface area contributed by atoms with Gasteiger partial charge in [0.25, 0.3) is 0 Å². The van der Waals surface area contributed by atoms with Gasteiger partial charge in [-0.15, -0.1) is 0 Å². The van der Waals surface area contributed by atoms with Crippen molar-refractivity contribution >= 4 is 28.2 Å². The van der Waals surface area contributed by atoms with Crippen molar-refractivity contribution in [1.29, 1.82) is 0 Å². The van der Waals surface area contributed by atoms with Crippen molar-refractivity contribution in [3.8, 4) is 0 Å². The first-order valence-electron chi connectivity index (χ1n) is 6.65. The zero-order chi connectivity index (χ0) is 14.5. The van der Waals surface area contributed by atoms with Gasteiger partial charge in [0.05, 0.1) is 12.3 Å². The van der Waals surface area contributed by atoms with Gasteiger partial charge in [0, 0.05) is 5.69 Å². The van der Waals surface area contributed by atoms with Crippen molar-refractivity contribution in [3.63, 3.8) is 0 Å². The maximum absolute atomic E-state index is 12.0. The summed E-state index contributed by atoms with van der Waals surface area (Å²) in [7, 11) is 0. The number of nitrogens with one attached hydrogen (secondary N) is 1. The Morgan fingerprint density at radius 2 is 2.10 bits per heavy atom.